The van der Waals surface area contributed by atoms with Crippen molar-refractivity contribution < 1.29 is 4.79 Å². The van der Waals surface area contributed by atoms with E-state index in [-0.39, 0.29) is 12.3 Å². The number of pyridine rings is 1. The van der Waals surface area contributed by atoms with Crippen molar-refractivity contribution in [1.82, 2.24) is 4.98 Å². The molecule has 0 saturated carbocycles. The summed E-state index contributed by atoms with van der Waals surface area (Å²) in [6.07, 6.45) is 1.59. The van der Waals surface area contributed by atoms with Gasteiger partial charge in [-0.2, -0.15) is 0 Å². The zero-order valence-corrected chi connectivity index (χ0v) is 8.26. The van der Waals surface area contributed by atoms with Crippen LogP contribution in [0.25, 0.3) is 0 Å². The molecule has 0 aromatic carbocycles. The average molecular weight is 229 g/mol. The largest absolute Gasteiger partial charge is 0.324 e. The molecule has 0 saturated heterocycles. The lowest BCUT2D eigenvalue weighted by molar-refractivity contribution is 0.0996. The second kappa shape index (κ2) is 3.78. The van der Waals surface area contributed by atoms with Crippen LogP contribution in [0.4, 0.5) is 0 Å². The molecular formula is C8H9BrN2O. The zero-order valence-electron chi connectivity index (χ0n) is 6.67. The Hall–Kier alpha value is -0.740. The van der Waals surface area contributed by atoms with Crippen LogP contribution in [0.3, 0.4) is 0 Å². The molecule has 64 valence electrons. The molecule has 0 radical (unpaired) electrons. The lowest BCUT2D eigenvalue weighted by atomic mass is 10.1. The molecule has 1 aromatic rings. The molecule has 0 unspecified atom stereocenters. The van der Waals surface area contributed by atoms with E-state index in [4.69, 9.17) is 5.73 Å². The summed E-state index contributed by atoms with van der Waals surface area (Å²) in [6.45, 7) is 1.84. The Labute approximate surface area is 79.1 Å². The molecular weight excluding hydrogens is 220 g/mol. The van der Waals surface area contributed by atoms with Gasteiger partial charge < -0.3 is 5.73 Å². The first-order valence-corrected chi connectivity index (χ1v) is 4.30. The summed E-state index contributed by atoms with van der Waals surface area (Å²) in [5.41, 5.74) is 6.52. The van der Waals surface area contributed by atoms with Crippen molar-refractivity contribution in [3.8, 4) is 0 Å². The van der Waals surface area contributed by atoms with Gasteiger partial charge in [0.15, 0.2) is 5.78 Å². The van der Waals surface area contributed by atoms with Crippen molar-refractivity contribution in [2.45, 2.75) is 6.92 Å². The van der Waals surface area contributed by atoms with Crippen molar-refractivity contribution in [2.24, 2.45) is 5.73 Å². The van der Waals surface area contributed by atoms with Gasteiger partial charge in [-0.1, -0.05) is 0 Å². The fourth-order valence-corrected chi connectivity index (χ4v) is 1.37. The third-order valence-electron chi connectivity index (χ3n) is 1.49. The molecule has 12 heavy (non-hydrogen) atoms. The molecule has 0 aliphatic carbocycles. The average Bonchev–Trinajstić information content (AvgIpc) is 2.03. The molecule has 1 rings (SSSR count). The Morgan fingerprint density at radius 3 is 2.92 bits per heavy atom. The van der Waals surface area contributed by atoms with E-state index in [1.54, 1.807) is 6.20 Å². The number of carbonyl (C=O) groups is 1. The minimum atomic E-state index is -0.125. The molecule has 1 aromatic heterocycles. The predicted molar refractivity (Wildman–Crippen MR) is 50.1 cm³/mol. The van der Waals surface area contributed by atoms with E-state index in [9.17, 15) is 4.79 Å². The van der Waals surface area contributed by atoms with E-state index < -0.39 is 0 Å². The maximum Gasteiger partial charge on any atom is 0.194 e. The minimum Gasteiger partial charge on any atom is -0.324 e. The van der Waals surface area contributed by atoms with Gasteiger partial charge in [-0.25, -0.2) is 0 Å². The summed E-state index contributed by atoms with van der Waals surface area (Å²) in [4.78, 5) is 15.1. The lowest BCUT2D eigenvalue weighted by Gasteiger charge is -2.01. The molecule has 2 N–H and O–H groups in total. The third kappa shape index (κ3) is 1.89. The number of aromatic nitrogens is 1. The highest BCUT2D eigenvalue weighted by atomic mass is 79.9. The number of hydrogen-bond acceptors (Lipinski definition) is 3. The number of Topliss-reactive ketones (excluding diaryl/α,β-unsaturated/α-hetero) is 1. The first kappa shape index (κ1) is 9.35. The van der Waals surface area contributed by atoms with E-state index >= 15 is 0 Å². The van der Waals surface area contributed by atoms with Crippen LogP contribution in [0.5, 0.6) is 0 Å². The summed E-state index contributed by atoms with van der Waals surface area (Å²) in [7, 11) is 0. The Balaban J connectivity index is 3.09. The van der Waals surface area contributed by atoms with Crippen molar-refractivity contribution in [3.63, 3.8) is 0 Å². The van der Waals surface area contributed by atoms with Gasteiger partial charge >= 0.3 is 0 Å². The number of ketones is 1. The van der Waals surface area contributed by atoms with Gasteiger partial charge in [0, 0.05) is 10.7 Å². The van der Waals surface area contributed by atoms with E-state index in [0.717, 1.165) is 10.0 Å². The van der Waals surface area contributed by atoms with Crippen molar-refractivity contribution in [1.29, 1.82) is 0 Å². The topological polar surface area (TPSA) is 56.0 Å². The second-order valence-corrected chi connectivity index (χ2v) is 3.36. The SMILES string of the molecule is Cc1cc(Br)cnc1C(=O)CN. The van der Waals surface area contributed by atoms with Crippen molar-refractivity contribution >= 4 is 21.7 Å². The molecule has 0 spiro atoms. The van der Waals surface area contributed by atoms with Crippen LogP contribution in [0.15, 0.2) is 16.7 Å². The number of nitrogens with zero attached hydrogens (tertiary/aromatic N) is 1. The van der Waals surface area contributed by atoms with Crippen LogP contribution in [-0.2, 0) is 0 Å². The van der Waals surface area contributed by atoms with E-state index in [2.05, 4.69) is 20.9 Å². The van der Waals surface area contributed by atoms with E-state index in [1.807, 2.05) is 13.0 Å². The quantitative estimate of drug-likeness (QED) is 0.777. The van der Waals surface area contributed by atoms with Crippen molar-refractivity contribution in [2.75, 3.05) is 6.54 Å². The lowest BCUT2D eigenvalue weighted by Crippen LogP contribution is -2.16. The van der Waals surface area contributed by atoms with Crippen LogP contribution < -0.4 is 5.73 Å². The molecule has 0 bridgehead atoms. The Morgan fingerprint density at radius 2 is 2.42 bits per heavy atom. The van der Waals surface area contributed by atoms with Gasteiger partial charge in [-0.3, -0.25) is 9.78 Å². The van der Waals surface area contributed by atoms with E-state index in [0.29, 0.717) is 5.69 Å². The van der Waals surface area contributed by atoms with Gasteiger partial charge in [-0.15, -0.1) is 0 Å². The fourth-order valence-electron chi connectivity index (χ4n) is 0.929. The van der Waals surface area contributed by atoms with Gasteiger partial charge in [0.25, 0.3) is 0 Å². The van der Waals surface area contributed by atoms with Gasteiger partial charge in [0.2, 0.25) is 0 Å². The number of aryl methyl sites for hydroxylation is 1. The molecule has 3 nitrogen and oxygen atoms in total. The Morgan fingerprint density at radius 1 is 1.75 bits per heavy atom. The summed E-state index contributed by atoms with van der Waals surface area (Å²) in [6, 6.07) is 1.84. The number of hydrogen-bond donors (Lipinski definition) is 1. The molecule has 4 heteroatoms. The molecule has 0 atom stereocenters. The van der Waals surface area contributed by atoms with Crippen LogP contribution in [0.2, 0.25) is 0 Å². The first-order valence-electron chi connectivity index (χ1n) is 3.50. The molecule has 1 heterocycles. The summed E-state index contributed by atoms with van der Waals surface area (Å²) in [5, 5.41) is 0. The van der Waals surface area contributed by atoms with Crippen LogP contribution in [0.1, 0.15) is 16.1 Å². The summed E-state index contributed by atoms with van der Waals surface area (Å²) in [5.74, 6) is -0.125. The second-order valence-electron chi connectivity index (χ2n) is 2.45. The monoisotopic (exact) mass is 228 g/mol. The number of carbonyl (C=O) groups excluding carboxylic acids is 1. The van der Waals surface area contributed by atoms with Crippen LogP contribution in [0, 0.1) is 6.92 Å². The van der Waals surface area contributed by atoms with Gasteiger partial charge in [0.1, 0.15) is 5.69 Å². The van der Waals surface area contributed by atoms with Gasteiger partial charge in [0.05, 0.1) is 6.54 Å². The standard InChI is InChI=1S/C8H9BrN2O/c1-5-2-6(9)4-11-8(5)7(12)3-10/h2,4H,3,10H2,1H3. The van der Waals surface area contributed by atoms with Crippen molar-refractivity contribution in [3.05, 3.63) is 28.0 Å². The first-order chi connectivity index (χ1) is 5.65. The summed E-state index contributed by atoms with van der Waals surface area (Å²) < 4.78 is 0.869. The molecule has 0 amide bonds. The summed E-state index contributed by atoms with van der Waals surface area (Å²) >= 11 is 3.26. The smallest absolute Gasteiger partial charge is 0.194 e. The minimum absolute atomic E-state index is 0.00940. The van der Waals surface area contributed by atoms with Crippen LogP contribution in [-0.4, -0.2) is 17.3 Å². The maximum atomic E-state index is 11.1. The van der Waals surface area contributed by atoms with Gasteiger partial charge in [-0.05, 0) is 34.5 Å². The van der Waals surface area contributed by atoms with E-state index in [1.165, 1.54) is 0 Å². The Bertz CT molecular complexity index is 312. The highest BCUT2D eigenvalue weighted by Crippen LogP contribution is 2.12. The molecule has 0 aliphatic heterocycles. The maximum absolute atomic E-state index is 11.1. The third-order valence-corrected chi connectivity index (χ3v) is 1.93. The fraction of sp³-hybridized carbons (Fsp3) is 0.250. The number of nitrogens with two attached hydrogens (primary N) is 1. The number of halogens is 1. The highest BCUT2D eigenvalue weighted by molar-refractivity contribution is 9.10. The molecule has 0 fully saturated rings. The van der Waals surface area contributed by atoms with Crippen LogP contribution >= 0.6 is 15.9 Å². The highest BCUT2D eigenvalue weighted by Gasteiger charge is 2.07. The predicted octanol–water partition coefficient (Wildman–Crippen LogP) is 1.29. The molecule has 0 aliphatic rings. The normalized spacial score (nSPS) is 9.92. The number of rotatable bonds is 2. The Kier molecular flexibility index (Phi) is 2.94. The zero-order chi connectivity index (χ0) is 9.14.